The maximum absolute atomic E-state index is 6.30. The molecule has 0 amide bonds. The van der Waals surface area contributed by atoms with E-state index in [0.717, 1.165) is 42.7 Å². The van der Waals surface area contributed by atoms with E-state index in [1.54, 1.807) is 0 Å². The molecule has 4 heteroatoms. The van der Waals surface area contributed by atoms with Crippen molar-refractivity contribution in [3.8, 4) is 11.7 Å². The predicted octanol–water partition coefficient (Wildman–Crippen LogP) is 3.50. The largest absolute Gasteiger partial charge is 0.461 e. The van der Waals surface area contributed by atoms with Crippen molar-refractivity contribution in [2.75, 3.05) is 20.1 Å². The summed E-state index contributed by atoms with van der Waals surface area (Å²) in [7, 11) is 2.16. The second kappa shape index (κ2) is 6.05. The van der Waals surface area contributed by atoms with Gasteiger partial charge in [0, 0.05) is 13.1 Å². The van der Waals surface area contributed by atoms with Gasteiger partial charge in [-0.3, -0.25) is 4.57 Å². The van der Waals surface area contributed by atoms with Crippen molar-refractivity contribution >= 4 is 11.0 Å². The molecular weight excluding hydrogens is 286 g/mol. The molecule has 2 heterocycles. The van der Waals surface area contributed by atoms with Gasteiger partial charge in [0.25, 0.3) is 0 Å². The Morgan fingerprint density at radius 1 is 0.957 bits per heavy atom. The summed E-state index contributed by atoms with van der Waals surface area (Å²) in [4.78, 5) is 7.08. The highest BCUT2D eigenvalue weighted by Gasteiger charge is 2.21. The van der Waals surface area contributed by atoms with Crippen molar-refractivity contribution in [2.45, 2.75) is 18.9 Å². The van der Waals surface area contributed by atoms with Crippen molar-refractivity contribution in [1.29, 1.82) is 0 Å². The number of hydrogen-bond acceptors (Lipinski definition) is 3. The van der Waals surface area contributed by atoms with E-state index in [0.29, 0.717) is 6.01 Å². The molecule has 0 saturated carbocycles. The first-order valence-electron chi connectivity index (χ1n) is 8.19. The molecule has 0 radical (unpaired) electrons. The number of hydrogen-bond donors (Lipinski definition) is 0. The Hall–Kier alpha value is -2.33. The second-order valence-corrected chi connectivity index (χ2v) is 6.17. The average molecular weight is 307 g/mol. The molecule has 0 unspecified atom stereocenters. The van der Waals surface area contributed by atoms with Crippen molar-refractivity contribution in [1.82, 2.24) is 14.5 Å². The van der Waals surface area contributed by atoms with Crippen LogP contribution in [0.15, 0.2) is 54.6 Å². The molecule has 1 aliphatic heterocycles. The lowest BCUT2D eigenvalue weighted by Crippen LogP contribution is -2.36. The van der Waals surface area contributed by atoms with Crippen molar-refractivity contribution < 1.29 is 4.74 Å². The second-order valence-electron chi connectivity index (χ2n) is 6.17. The van der Waals surface area contributed by atoms with E-state index in [-0.39, 0.29) is 6.10 Å². The number of benzene rings is 2. The zero-order valence-corrected chi connectivity index (χ0v) is 13.4. The fourth-order valence-corrected chi connectivity index (χ4v) is 3.16. The van der Waals surface area contributed by atoms with Crippen molar-refractivity contribution in [3.05, 3.63) is 54.6 Å². The topological polar surface area (TPSA) is 30.3 Å². The highest BCUT2D eigenvalue weighted by atomic mass is 16.5. The maximum atomic E-state index is 6.30. The van der Waals surface area contributed by atoms with E-state index in [1.807, 2.05) is 36.4 Å². The van der Waals surface area contributed by atoms with E-state index in [1.165, 1.54) is 0 Å². The molecule has 118 valence electrons. The zero-order valence-electron chi connectivity index (χ0n) is 13.4. The molecule has 0 bridgehead atoms. The fourth-order valence-electron chi connectivity index (χ4n) is 3.16. The lowest BCUT2D eigenvalue weighted by molar-refractivity contribution is 0.104. The summed E-state index contributed by atoms with van der Waals surface area (Å²) in [6, 6.07) is 19.2. The van der Waals surface area contributed by atoms with Gasteiger partial charge in [0.05, 0.1) is 16.7 Å². The summed E-state index contributed by atoms with van der Waals surface area (Å²) >= 11 is 0. The molecule has 1 aromatic heterocycles. The average Bonchev–Trinajstić information content (AvgIpc) is 2.95. The summed E-state index contributed by atoms with van der Waals surface area (Å²) in [5.74, 6) is 0. The van der Waals surface area contributed by atoms with Crippen LogP contribution in [-0.4, -0.2) is 40.7 Å². The SMILES string of the molecule is CN1CCC(Oc2nc3ccccc3n2-c2ccccc2)CC1. The van der Waals surface area contributed by atoms with Crippen molar-refractivity contribution in [3.63, 3.8) is 0 Å². The van der Waals surface area contributed by atoms with E-state index < -0.39 is 0 Å². The Kier molecular flexibility index (Phi) is 3.75. The Balaban J connectivity index is 1.74. The number of rotatable bonds is 3. The Labute approximate surface area is 136 Å². The number of nitrogens with zero attached hydrogens (tertiary/aromatic N) is 3. The minimum Gasteiger partial charge on any atom is -0.461 e. The van der Waals surface area contributed by atoms with Gasteiger partial charge in [0.2, 0.25) is 0 Å². The van der Waals surface area contributed by atoms with Gasteiger partial charge >= 0.3 is 6.01 Å². The van der Waals surface area contributed by atoms with Gasteiger partial charge < -0.3 is 9.64 Å². The van der Waals surface area contributed by atoms with Crippen LogP contribution in [0, 0.1) is 0 Å². The lowest BCUT2D eigenvalue weighted by atomic mass is 10.1. The predicted molar refractivity (Wildman–Crippen MR) is 92.2 cm³/mol. The summed E-state index contributed by atoms with van der Waals surface area (Å²) in [5.41, 5.74) is 3.14. The first kappa shape index (κ1) is 14.3. The number of aromatic nitrogens is 2. The van der Waals surface area contributed by atoms with Crippen LogP contribution in [-0.2, 0) is 0 Å². The molecule has 1 saturated heterocycles. The number of likely N-dealkylation sites (tertiary alicyclic amines) is 1. The summed E-state index contributed by atoms with van der Waals surface area (Å²) in [6.07, 6.45) is 2.34. The van der Waals surface area contributed by atoms with Crippen LogP contribution in [0.25, 0.3) is 16.7 Å². The third-order valence-corrected chi connectivity index (χ3v) is 4.48. The molecule has 1 fully saturated rings. The molecule has 0 aliphatic carbocycles. The van der Waals surface area contributed by atoms with Crippen LogP contribution in [0.5, 0.6) is 6.01 Å². The molecule has 2 aromatic carbocycles. The van der Waals surface area contributed by atoms with Gasteiger partial charge in [-0.2, -0.15) is 4.98 Å². The standard InChI is InChI=1S/C19H21N3O/c1-21-13-11-16(12-14-21)23-19-20-17-9-5-6-10-18(17)22(19)15-7-3-2-4-8-15/h2-10,16H,11-14H2,1H3. The first-order chi connectivity index (χ1) is 11.3. The third kappa shape index (κ3) is 2.82. The molecule has 0 N–H and O–H groups in total. The number of piperidine rings is 1. The Morgan fingerprint density at radius 2 is 1.65 bits per heavy atom. The van der Waals surface area contributed by atoms with Crippen LogP contribution in [0.4, 0.5) is 0 Å². The number of ether oxygens (including phenoxy) is 1. The van der Waals surface area contributed by atoms with Crippen LogP contribution >= 0.6 is 0 Å². The molecule has 3 aromatic rings. The van der Waals surface area contributed by atoms with Gasteiger partial charge in [-0.15, -0.1) is 0 Å². The van der Waals surface area contributed by atoms with Crippen molar-refractivity contribution in [2.24, 2.45) is 0 Å². The van der Waals surface area contributed by atoms with Gasteiger partial charge in [0.15, 0.2) is 0 Å². The number of para-hydroxylation sites is 3. The maximum Gasteiger partial charge on any atom is 0.302 e. The molecule has 4 rings (SSSR count). The smallest absolute Gasteiger partial charge is 0.302 e. The van der Waals surface area contributed by atoms with E-state index >= 15 is 0 Å². The van der Waals surface area contributed by atoms with Gasteiger partial charge in [-0.05, 0) is 44.2 Å². The van der Waals surface area contributed by atoms with Crippen LogP contribution in [0.2, 0.25) is 0 Å². The highest BCUT2D eigenvalue weighted by Crippen LogP contribution is 2.28. The molecular formula is C19H21N3O. The van der Waals surface area contributed by atoms with Crippen LogP contribution in [0.1, 0.15) is 12.8 Å². The lowest BCUT2D eigenvalue weighted by Gasteiger charge is -2.29. The normalized spacial score (nSPS) is 16.7. The monoisotopic (exact) mass is 307 g/mol. The Bertz CT molecular complexity index is 789. The minimum absolute atomic E-state index is 0.241. The first-order valence-corrected chi connectivity index (χ1v) is 8.19. The van der Waals surface area contributed by atoms with Crippen LogP contribution < -0.4 is 4.74 Å². The van der Waals surface area contributed by atoms with Gasteiger partial charge in [-0.25, -0.2) is 0 Å². The molecule has 0 spiro atoms. The summed E-state index contributed by atoms with van der Waals surface area (Å²) in [5, 5.41) is 0. The van der Waals surface area contributed by atoms with E-state index in [9.17, 15) is 0 Å². The summed E-state index contributed by atoms with van der Waals surface area (Å²) < 4.78 is 8.42. The van der Waals surface area contributed by atoms with Crippen LogP contribution in [0.3, 0.4) is 0 Å². The minimum atomic E-state index is 0.241. The van der Waals surface area contributed by atoms with Gasteiger partial charge in [0.1, 0.15) is 6.10 Å². The van der Waals surface area contributed by atoms with E-state index in [4.69, 9.17) is 9.72 Å². The zero-order chi connectivity index (χ0) is 15.6. The third-order valence-electron chi connectivity index (χ3n) is 4.48. The quantitative estimate of drug-likeness (QED) is 0.742. The number of fused-ring (bicyclic) bond motifs is 1. The number of imidazole rings is 1. The molecule has 0 atom stereocenters. The molecule has 1 aliphatic rings. The van der Waals surface area contributed by atoms with Gasteiger partial charge in [-0.1, -0.05) is 30.3 Å². The highest BCUT2D eigenvalue weighted by molar-refractivity contribution is 5.79. The summed E-state index contributed by atoms with van der Waals surface area (Å²) in [6.45, 7) is 2.16. The fraction of sp³-hybridized carbons (Fsp3) is 0.316. The Morgan fingerprint density at radius 3 is 2.43 bits per heavy atom. The van der Waals surface area contributed by atoms with E-state index in [2.05, 4.69) is 34.7 Å². The molecule has 4 nitrogen and oxygen atoms in total. The molecule has 23 heavy (non-hydrogen) atoms.